The predicted octanol–water partition coefficient (Wildman–Crippen LogP) is 4.53. The molecule has 0 unspecified atom stereocenters. The molecule has 128 valence electrons. The third-order valence-electron chi connectivity index (χ3n) is 3.99. The highest BCUT2D eigenvalue weighted by atomic mass is 19.2. The summed E-state index contributed by atoms with van der Waals surface area (Å²) in [6, 6.07) is 17.6. The van der Waals surface area contributed by atoms with Gasteiger partial charge in [0.15, 0.2) is 11.6 Å². The van der Waals surface area contributed by atoms with Crippen LogP contribution in [0.3, 0.4) is 0 Å². The normalized spacial score (nSPS) is 10.8. The second-order valence-corrected chi connectivity index (χ2v) is 5.69. The molecular weight excluding hydrogens is 336 g/mol. The van der Waals surface area contributed by atoms with Crippen molar-refractivity contribution in [3.63, 3.8) is 0 Å². The molecule has 0 aliphatic rings. The van der Waals surface area contributed by atoms with Crippen molar-refractivity contribution < 1.29 is 13.6 Å². The van der Waals surface area contributed by atoms with Crippen LogP contribution in [0.5, 0.6) is 0 Å². The van der Waals surface area contributed by atoms with Crippen molar-refractivity contribution in [1.82, 2.24) is 9.38 Å². The third-order valence-corrected chi connectivity index (χ3v) is 3.99. The van der Waals surface area contributed by atoms with E-state index >= 15 is 0 Å². The van der Waals surface area contributed by atoms with Crippen molar-refractivity contribution in [2.24, 2.45) is 0 Å². The van der Waals surface area contributed by atoms with E-state index in [1.165, 1.54) is 6.07 Å². The lowest BCUT2D eigenvalue weighted by Crippen LogP contribution is -2.13. The van der Waals surface area contributed by atoms with Crippen LogP contribution in [0.1, 0.15) is 10.4 Å². The van der Waals surface area contributed by atoms with Gasteiger partial charge in [0, 0.05) is 17.3 Å². The molecule has 4 nitrogen and oxygen atoms in total. The first-order valence-electron chi connectivity index (χ1n) is 7.92. The number of anilines is 1. The molecule has 26 heavy (non-hydrogen) atoms. The summed E-state index contributed by atoms with van der Waals surface area (Å²) in [5.41, 5.74) is 1.79. The zero-order chi connectivity index (χ0) is 18.1. The summed E-state index contributed by atoms with van der Waals surface area (Å²) < 4.78 is 28.7. The smallest absolute Gasteiger partial charge is 0.256 e. The molecule has 2 aromatic carbocycles. The summed E-state index contributed by atoms with van der Waals surface area (Å²) in [5.74, 6) is -1.84. The minimum Gasteiger partial charge on any atom is -0.306 e. The average molecular weight is 349 g/mol. The molecule has 0 fully saturated rings. The van der Waals surface area contributed by atoms with Crippen LogP contribution >= 0.6 is 0 Å². The fourth-order valence-corrected chi connectivity index (χ4v) is 2.73. The monoisotopic (exact) mass is 349 g/mol. The Morgan fingerprint density at radius 2 is 1.69 bits per heavy atom. The molecule has 0 spiro atoms. The van der Waals surface area contributed by atoms with E-state index in [0.717, 1.165) is 12.1 Å². The van der Waals surface area contributed by atoms with Gasteiger partial charge in [-0.15, -0.1) is 0 Å². The lowest BCUT2D eigenvalue weighted by molar-refractivity contribution is 0.102. The van der Waals surface area contributed by atoms with Crippen molar-refractivity contribution in [3.05, 3.63) is 90.1 Å². The zero-order valence-electron chi connectivity index (χ0n) is 13.5. The summed E-state index contributed by atoms with van der Waals surface area (Å²) in [5, 5.41) is 2.83. The maximum Gasteiger partial charge on any atom is 0.256 e. The van der Waals surface area contributed by atoms with E-state index < -0.39 is 11.6 Å². The minimum absolute atomic E-state index is 0.319. The van der Waals surface area contributed by atoms with E-state index in [4.69, 9.17) is 0 Å². The van der Waals surface area contributed by atoms with Crippen molar-refractivity contribution in [3.8, 4) is 11.3 Å². The van der Waals surface area contributed by atoms with Gasteiger partial charge in [-0.3, -0.25) is 9.20 Å². The number of fused-ring (bicyclic) bond motifs is 1. The highest BCUT2D eigenvalue weighted by Gasteiger charge is 2.18. The lowest BCUT2D eigenvalue weighted by atomic mass is 10.1. The molecule has 1 amide bonds. The van der Waals surface area contributed by atoms with Crippen LogP contribution in [0.15, 0.2) is 72.9 Å². The maximum atomic E-state index is 13.7. The number of hydrogen-bond donors (Lipinski definition) is 1. The molecule has 1 N–H and O–H groups in total. The van der Waals surface area contributed by atoms with Crippen molar-refractivity contribution in [1.29, 1.82) is 0 Å². The van der Waals surface area contributed by atoms with Gasteiger partial charge in [0.25, 0.3) is 5.91 Å². The van der Waals surface area contributed by atoms with Gasteiger partial charge in [-0.1, -0.05) is 24.3 Å². The number of carbonyl (C=O) groups is 1. The first-order valence-corrected chi connectivity index (χ1v) is 7.92. The highest BCUT2D eigenvalue weighted by molar-refractivity contribution is 6.05. The van der Waals surface area contributed by atoms with Crippen LogP contribution in [0.2, 0.25) is 0 Å². The third kappa shape index (κ3) is 2.82. The molecule has 0 saturated heterocycles. The van der Waals surface area contributed by atoms with Crippen molar-refractivity contribution >= 4 is 17.4 Å². The highest BCUT2D eigenvalue weighted by Crippen LogP contribution is 2.30. The number of amides is 1. The summed E-state index contributed by atoms with van der Waals surface area (Å²) in [6.07, 6.45) is 1.74. The van der Waals surface area contributed by atoms with Gasteiger partial charge >= 0.3 is 0 Å². The lowest BCUT2D eigenvalue weighted by Gasteiger charge is -2.08. The topological polar surface area (TPSA) is 46.4 Å². The Kier molecular flexibility index (Phi) is 3.93. The van der Waals surface area contributed by atoms with Gasteiger partial charge in [0.1, 0.15) is 17.2 Å². The molecule has 0 atom stereocenters. The van der Waals surface area contributed by atoms with Gasteiger partial charge in [0.2, 0.25) is 0 Å². The van der Waals surface area contributed by atoms with Gasteiger partial charge in [-0.05, 0) is 42.5 Å². The van der Waals surface area contributed by atoms with E-state index in [0.29, 0.717) is 28.3 Å². The number of halogens is 2. The van der Waals surface area contributed by atoms with Crippen LogP contribution < -0.4 is 5.32 Å². The van der Waals surface area contributed by atoms with E-state index in [1.54, 1.807) is 53.1 Å². The number of carbonyl (C=O) groups excluding carboxylic acids is 1. The van der Waals surface area contributed by atoms with Crippen LogP contribution in [0.4, 0.5) is 14.6 Å². The number of rotatable bonds is 3. The molecule has 0 bridgehead atoms. The quantitative estimate of drug-likeness (QED) is 0.591. The number of nitrogens with zero attached hydrogens (tertiary/aromatic N) is 2. The molecule has 0 saturated carbocycles. The SMILES string of the molecule is O=C(Nc1c(-c2ccc(F)c(F)c2)nc2ccccn12)c1ccccc1. The van der Waals surface area contributed by atoms with E-state index in [2.05, 4.69) is 10.3 Å². The first kappa shape index (κ1) is 16.0. The van der Waals surface area contributed by atoms with Gasteiger partial charge in [-0.25, -0.2) is 13.8 Å². The molecule has 6 heteroatoms. The second kappa shape index (κ2) is 6.40. The number of hydrogen-bond acceptors (Lipinski definition) is 2. The Balaban J connectivity index is 1.84. The second-order valence-electron chi connectivity index (χ2n) is 5.69. The number of benzene rings is 2. The van der Waals surface area contributed by atoms with Crippen molar-refractivity contribution in [2.75, 3.05) is 5.32 Å². The average Bonchev–Trinajstić information content (AvgIpc) is 3.03. The van der Waals surface area contributed by atoms with Gasteiger partial charge in [0.05, 0.1) is 0 Å². The molecule has 0 radical (unpaired) electrons. The molecule has 2 heterocycles. The summed E-state index contributed by atoms with van der Waals surface area (Å²) in [4.78, 5) is 17.0. The number of aromatic nitrogens is 2. The van der Waals surface area contributed by atoms with Crippen LogP contribution in [0.25, 0.3) is 16.9 Å². The number of nitrogens with one attached hydrogen (secondary N) is 1. The molecule has 4 aromatic rings. The first-order chi connectivity index (χ1) is 12.6. The Bertz CT molecular complexity index is 1110. The molecule has 0 aliphatic heterocycles. The fraction of sp³-hybridized carbons (Fsp3) is 0. The zero-order valence-corrected chi connectivity index (χ0v) is 13.5. The molecular formula is C20H13F2N3O. The van der Waals surface area contributed by atoms with Crippen molar-refractivity contribution in [2.45, 2.75) is 0 Å². The summed E-state index contributed by atoms with van der Waals surface area (Å²) in [7, 11) is 0. The van der Waals surface area contributed by atoms with E-state index in [1.807, 2.05) is 6.07 Å². The molecule has 2 aromatic heterocycles. The number of pyridine rings is 1. The van der Waals surface area contributed by atoms with Crippen LogP contribution in [-0.2, 0) is 0 Å². The maximum absolute atomic E-state index is 13.7. The Morgan fingerprint density at radius 1 is 0.923 bits per heavy atom. The Hall–Kier alpha value is -3.54. The van der Waals surface area contributed by atoms with Gasteiger partial charge < -0.3 is 5.32 Å². The van der Waals surface area contributed by atoms with E-state index in [9.17, 15) is 13.6 Å². The summed E-state index contributed by atoms with van der Waals surface area (Å²) >= 11 is 0. The Labute approximate surface area is 147 Å². The number of imidazole rings is 1. The van der Waals surface area contributed by atoms with Crippen LogP contribution in [-0.4, -0.2) is 15.3 Å². The minimum atomic E-state index is -0.972. The Morgan fingerprint density at radius 3 is 2.46 bits per heavy atom. The molecule has 4 rings (SSSR count). The summed E-state index contributed by atoms with van der Waals surface area (Å²) in [6.45, 7) is 0. The largest absolute Gasteiger partial charge is 0.306 e. The predicted molar refractivity (Wildman–Crippen MR) is 94.9 cm³/mol. The molecule has 0 aliphatic carbocycles. The van der Waals surface area contributed by atoms with Gasteiger partial charge in [-0.2, -0.15) is 0 Å². The van der Waals surface area contributed by atoms with E-state index in [-0.39, 0.29) is 5.91 Å². The van der Waals surface area contributed by atoms with Crippen LogP contribution in [0, 0.1) is 11.6 Å². The fourth-order valence-electron chi connectivity index (χ4n) is 2.73. The standard InChI is InChI=1S/C20H13F2N3O/c21-15-10-9-14(12-16(15)22)18-19(25-11-5-4-8-17(25)23-18)24-20(26)13-6-2-1-3-7-13/h1-12H,(H,24,26).